The van der Waals surface area contributed by atoms with E-state index in [1.165, 1.54) is 0 Å². The Morgan fingerprint density at radius 3 is 2.13 bits per heavy atom. The fourth-order valence-corrected chi connectivity index (χ4v) is 0.896. The maximum absolute atomic E-state index is 10.2. The van der Waals surface area contributed by atoms with Crippen molar-refractivity contribution in [1.82, 2.24) is 0 Å². The minimum atomic E-state index is -0.742. The number of carbonyl (C=O) groups is 1. The van der Waals surface area contributed by atoms with Gasteiger partial charge in [-0.15, -0.1) is 0 Å². The molecular weight excluding hydrogens is 192 g/mol. The first kappa shape index (κ1) is 13.7. The lowest BCUT2D eigenvalue weighted by Crippen LogP contribution is -1.96. The van der Waals surface area contributed by atoms with Crippen molar-refractivity contribution in [2.45, 2.75) is 32.8 Å². The van der Waals surface area contributed by atoms with E-state index >= 15 is 0 Å². The molecule has 0 heterocycles. The van der Waals surface area contributed by atoms with Crippen molar-refractivity contribution in [3.63, 3.8) is 0 Å². The molecule has 2 N–H and O–H groups in total. The van der Waals surface area contributed by atoms with Crippen LogP contribution in [0.2, 0.25) is 0 Å². The van der Waals surface area contributed by atoms with Crippen molar-refractivity contribution in [3.05, 3.63) is 35.9 Å². The average molecular weight is 210 g/mol. The second kappa shape index (κ2) is 8.00. The molecular formula is C12H18O3. The Balaban J connectivity index is 0.000000423. The zero-order chi connectivity index (χ0) is 11.7. The minimum Gasteiger partial charge on any atom is -0.481 e. The molecule has 0 radical (unpaired) electrons. The minimum absolute atomic E-state index is 0.167. The molecule has 1 rings (SSSR count). The Hall–Kier alpha value is -1.35. The molecule has 0 aliphatic heterocycles. The third-order valence-corrected chi connectivity index (χ3v) is 1.47. The van der Waals surface area contributed by atoms with Gasteiger partial charge in [0.2, 0.25) is 0 Å². The summed E-state index contributed by atoms with van der Waals surface area (Å²) in [4.78, 5) is 10.2. The summed E-state index contributed by atoms with van der Waals surface area (Å²) in [6.07, 6.45) is 0.667. The van der Waals surface area contributed by atoms with Gasteiger partial charge in [-0.25, -0.2) is 0 Å². The Kier molecular flexibility index (Phi) is 7.28. The SMILES string of the molecule is CC(C)O.O=C(O)CCc1ccccc1. The van der Waals surface area contributed by atoms with Crippen molar-refractivity contribution >= 4 is 5.97 Å². The molecule has 84 valence electrons. The molecule has 0 bridgehead atoms. The number of aryl methyl sites for hydroxylation is 1. The number of carboxylic acid groups (broad SMARTS) is 1. The van der Waals surface area contributed by atoms with Gasteiger partial charge in [0, 0.05) is 12.5 Å². The van der Waals surface area contributed by atoms with Gasteiger partial charge in [0.05, 0.1) is 0 Å². The number of hydrogen-bond acceptors (Lipinski definition) is 2. The fourth-order valence-electron chi connectivity index (χ4n) is 0.896. The maximum atomic E-state index is 10.2. The van der Waals surface area contributed by atoms with Crippen LogP contribution in [0.25, 0.3) is 0 Å². The van der Waals surface area contributed by atoms with E-state index in [0.717, 1.165) is 5.56 Å². The molecule has 0 saturated carbocycles. The normalized spacial score (nSPS) is 9.33. The number of aliphatic hydroxyl groups excluding tert-OH is 1. The zero-order valence-electron chi connectivity index (χ0n) is 9.18. The fraction of sp³-hybridized carbons (Fsp3) is 0.417. The monoisotopic (exact) mass is 210 g/mol. The van der Waals surface area contributed by atoms with Gasteiger partial charge in [0.1, 0.15) is 0 Å². The second-order valence-corrected chi connectivity index (χ2v) is 3.47. The molecule has 0 fully saturated rings. The van der Waals surface area contributed by atoms with Crippen LogP contribution in [0.1, 0.15) is 25.8 Å². The zero-order valence-corrected chi connectivity index (χ0v) is 9.18. The third kappa shape index (κ3) is 10.6. The van der Waals surface area contributed by atoms with Crippen LogP contribution in [0.3, 0.4) is 0 Å². The predicted molar refractivity (Wildman–Crippen MR) is 59.8 cm³/mol. The summed E-state index contributed by atoms with van der Waals surface area (Å²) >= 11 is 0. The lowest BCUT2D eigenvalue weighted by molar-refractivity contribution is -0.136. The van der Waals surface area contributed by atoms with Gasteiger partial charge in [-0.3, -0.25) is 4.79 Å². The third-order valence-electron chi connectivity index (χ3n) is 1.47. The van der Waals surface area contributed by atoms with Crippen LogP contribution in [0.5, 0.6) is 0 Å². The van der Waals surface area contributed by atoms with E-state index in [1.807, 2.05) is 30.3 Å². The maximum Gasteiger partial charge on any atom is 0.303 e. The second-order valence-electron chi connectivity index (χ2n) is 3.47. The van der Waals surface area contributed by atoms with E-state index in [4.69, 9.17) is 10.2 Å². The number of carboxylic acids is 1. The van der Waals surface area contributed by atoms with Crippen molar-refractivity contribution in [2.24, 2.45) is 0 Å². The Morgan fingerprint density at radius 1 is 1.27 bits per heavy atom. The van der Waals surface area contributed by atoms with Gasteiger partial charge in [0.25, 0.3) is 0 Å². The van der Waals surface area contributed by atoms with Gasteiger partial charge in [0.15, 0.2) is 0 Å². The van der Waals surface area contributed by atoms with Crippen LogP contribution in [0, 0.1) is 0 Å². The molecule has 0 aliphatic rings. The number of aliphatic carboxylic acids is 1. The average Bonchev–Trinajstić information content (AvgIpc) is 2.15. The van der Waals surface area contributed by atoms with Crippen molar-refractivity contribution in [1.29, 1.82) is 0 Å². The molecule has 3 heteroatoms. The highest BCUT2D eigenvalue weighted by molar-refractivity contribution is 5.67. The Bertz CT molecular complexity index is 265. The highest BCUT2D eigenvalue weighted by Crippen LogP contribution is 2.01. The molecule has 1 aromatic rings. The van der Waals surface area contributed by atoms with Crippen LogP contribution in [-0.4, -0.2) is 22.3 Å². The molecule has 0 aromatic heterocycles. The van der Waals surface area contributed by atoms with Crippen molar-refractivity contribution in [3.8, 4) is 0 Å². The topological polar surface area (TPSA) is 57.5 Å². The summed E-state index contributed by atoms with van der Waals surface area (Å²) < 4.78 is 0. The molecule has 0 saturated heterocycles. The molecule has 3 nitrogen and oxygen atoms in total. The van der Waals surface area contributed by atoms with Gasteiger partial charge in [-0.2, -0.15) is 0 Å². The van der Waals surface area contributed by atoms with Crippen LogP contribution in [-0.2, 0) is 11.2 Å². The highest BCUT2D eigenvalue weighted by atomic mass is 16.4. The summed E-state index contributed by atoms with van der Waals surface area (Å²) in [5, 5.41) is 16.4. The summed E-state index contributed by atoms with van der Waals surface area (Å²) in [5.41, 5.74) is 1.08. The number of aliphatic hydroxyl groups is 1. The first-order valence-corrected chi connectivity index (χ1v) is 4.96. The number of hydrogen-bond donors (Lipinski definition) is 2. The van der Waals surface area contributed by atoms with Crippen molar-refractivity contribution in [2.75, 3.05) is 0 Å². The lowest BCUT2D eigenvalue weighted by Gasteiger charge is -1.95. The first-order valence-electron chi connectivity index (χ1n) is 4.96. The van der Waals surface area contributed by atoms with Gasteiger partial charge >= 0.3 is 5.97 Å². The van der Waals surface area contributed by atoms with E-state index in [-0.39, 0.29) is 12.5 Å². The lowest BCUT2D eigenvalue weighted by atomic mass is 10.1. The number of benzene rings is 1. The van der Waals surface area contributed by atoms with E-state index < -0.39 is 5.97 Å². The number of rotatable bonds is 3. The molecule has 0 unspecified atom stereocenters. The van der Waals surface area contributed by atoms with E-state index in [0.29, 0.717) is 6.42 Å². The molecule has 0 spiro atoms. The molecule has 1 aromatic carbocycles. The summed E-state index contributed by atoms with van der Waals surface area (Å²) in [6, 6.07) is 9.62. The Labute approximate surface area is 90.4 Å². The van der Waals surface area contributed by atoms with Crippen LogP contribution in [0.15, 0.2) is 30.3 Å². The molecule has 0 atom stereocenters. The Morgan fingerprint density at radius 2 is 1.73 bits per heavy atom. The first-order chi connectivity index (χ1) is 7.02. The predicted octanol–water partition coefficient (Wildman–Crippen LogP) is 2.09. The van der Waals surface area contributed by atoms with E-state index in [9.17, 15) is 4.79 Å². The van der Waals surface area contributed by atoms with Gasteiger partial charge in [-0.1, -0.05) is 30.3 Å². The molecule has 15 heavy (non-hydrogen) atoms. The highest BCUT2D eigenvalue weighted by Gasteiger charge is 1.96. The van der Waals surface area contributed by atoms with Crippen LogP contribution >= 0.6 is 0 Å². The summed E-state index contributed by atoms with van der Waals surface area (Å²) in [5.74, 6) is -0.742. The summed E-state index contributed by atoms with van der Waals surface area (Å²) in [7, 11) is 0. The van der Waals surface area contributed by atoms with Gasteiger partial charge < -0.3 is 10.2 Å². The van der Waals surface area contributed by atoms with E-state index in [2.05, 4.69) is 0 Å². The standard InChI is InChI=1S/C9H10O2.C3H8O/c10-9(11)7-6-8-4-2-1-3-5-8;1-3(2)4/h1-5H,6-7H2,(H,10,11);3-4H,1-2H3. The van der Waals surface area contributed by atoms with E-state index in [1.54, 1.807) is 13.8 Å². The smallest absolute Gasteiger partial charge is 0.303 e. The molecule has 0 amide bonds. The quantitative estimate of drug-likeness (QED) is 0.803. The van der Waals surface area contributed by atoms with Gasteiger partial charge in [-0.05, 0) is 25.8 Å². The van der Waals surface area contributed by atoms with Crippen LogP contribution in [0.4, 0.5) is 0 Å². The van der Waals surface area contributed by atoms with Crippen molar-refractivity contribution < 1.29 is 15.0 Å². The summed E-state index contributed by atoms with van der Waals surface area (Å²) in [6.45, 7) is 3.44. The molecule has 0 aliphatic carbocycles. The van der Waals surface area contributed by atoms with Crippen LogP contribution < -0.4 is 0 Å². The largest absolute Gasteiger partial charge is 0.481 e.